The molecule has 2 N–H and O–H groups in total. The zero-order valence-electron chi connectivity index (χ0n) is 15.6. The van der Waals surface area contributed by atoms with E-state index < -0.39 is 0 Å². The van der Waals surface area contributed by atoms with Gasteiger partial charge in [0, 0.05) is 38.1 Å². The van der Waals surface area contributed by atoms with Gasteiger partial charge in [0.2, 0.25) is 11.8 Å². The Bertz CT molecular complexity index is 425. The molecule has 2 heterocycles. The minimum Gasteiger partial charge on any atom is -0.354 e. The quantitative estimate of drug-likeness (QED) is 0.648. The first kappa shape index (κ1) is 24.4. The van der Waals surface area contributed by atoms with Crippen molar-refractivity contribution in [1.29, 1.82) is 0 Å². The van der Waals surface area contributed by atoms with Gasteiger partial charge in [0.05, 0.1) is 5.92 Å². The topological polar surface area (TPSA) is 64.7 Å². The number of rotatable bonds is 8. The van der Waals surface area contributed by atoms with Crippen molar-refractivity contribution in [2.45, 2.75) is 52.1 Å². The van der Waals surface area contributed by atoms with Crippen LogP contribution in [-0.2, 0) is 9.59 Å². The molecule has 0 bridgehead atoms. The summed E-state index contributed by atoms with van der Waals surface area (Å²) in [7, 11) is 0. The van der Waals surface area contributed by atoms with E-state index in [1.54, 1.807) is 0 Å². The van der Waals surface area contributed by atoms with Crippen molar-refractivity contribution in [2.75, 3.05) is 39.3 Å². The molecule has 2 amide bonds. The third-order valence-corrected chi connectivity index (χ3v) is 5.06. The summed E-state index contributed by atoms with van der Waals surface area (Å²) in [6.45, 7) is 11.3. The molecule has 2 fully saturated rings. The summed E-state index contributed by atoms with van der Waals surface area (Å²) in [5, 5.41) is 6.24. The van der Waals surface area contributed by atoms with Crippen LogP contribution in [0.2, 0.25) is 0 Å². The van der Waals surface area contributed by atoms with E-state index in [-0.39, 0.29) is 48.6 Å². The number of hydrogen-bond acceptors (Lipinski definition) is 4. The SMILES string of the molecule is CCN[C@H](C)CNC(=O)C1CC(=O)N(CC2CCCN2CC)C1.Cl.Cl. The first-order valence-electron chi connectivity index (χ1n) is 9.08. The molecule has 3 atom stereocenters. The Kier molecular flexibility index (Phi) is 11.7. The first-order valence-corrected chi connectivity index (χ1v) is 9.08. The average Bonchev–Trinajstić information content (AvgIpc) is 3.12. The van der Waals surface area contributed by atoms with Gasteiger partial charge in [-0.25, -0.2) is 0 Å². The summed E-state index contributed by atoms with van der Waals surface area (Å²) in [4.78, 5) is 28.8. The molecule has 8 heteroatoms. The van der Waals surface area contributed by atoms with Crippen molar-refractivity contribution in [3.63, 3.8) is 0 Å². The summed E-state index contributed by atoms with van der Waals surface area (Å²) in [5.41, 5.74) is 0. The van der Waals surface area contributed by atoms with Crippen LogP contribution in [0.3, 0.4) is 0 Å². The third kappa shape index (κ3) is 6.93. The van der Waals surface area contributed by atoms with Gasteiger partial charge in [-0.1, -0.05) is 13.8 Å². The van der Waals surface area contributed by atoms with Crippen molar-refractivity contribution in [1.82, 2.24) is 20.4 Å². The Morgan fingerprint density at radius 3 is 2.68 bits per heavy atom. The van der Waals surface area contributed by atoms with E-state index in [2.05, 4.69) is 36.3 Å². The predicted octanol–water partition coefficient (Wildman–Crippen LogP) is 1.28. The van der Waals surface area contributed by atoms with Crippen LogP contribution in [0, 0.1) is 5.92 Å². The van der Waals surface area contributed by atoms with E-state index in [0.717, 1.165) is 32.6 Å². The maximum atomic E-state index is 12.3. The van der Waals surface area contributed by atoms with Gasteiger partial charge >= 0.3 is 0 Å². The average molecular weight is 397 g/mol. The Morgan fingerprint density at radius 1 is 1.32 bits per heavy atom. The maximum Gasteiger partial charge on any atom is 0.225 e. The molecule has 25 heavy (non-hydrogen) atoms. The fraction of sp³-hybridized carbons (Fsp3) is 0.882. The Hall–Kier alpha value is -0.560. The van der Waals surface area contributed by atoms with Crippen LogP contribution in [0.4, 0.5) is 0 Å². The Morgan fingerprint density at radius 2 is 2.04 bits per heavy atom. The monoisotopic (exact) mass is 396 g/mol. The van der Waals surface area contributed by atoms with Crippen LogP contribution < -0.4 is 10.6 Å². The molecule has 0 saturated carbocycles. The lowest BCUT2D eigenvalue weighted by Gasteiger charge is -2.27. The van der Waals surface area contributed by atoms with Crippen LogP contribution in [0.25, 0.3) is 0 Å². The van der Waals surface area contributed by atoms with Gasteiger partial charge in [-0.2, -0.15) is 0 Å². The van der Waals surface area contributed by atoms with Gasteiger partial charge in [0.25, 0.3) is 0 Å². The summed E-state index contributed by atoms with van der Waals surface area (Å²) < 4.78 is 0. The lowest BCUT2D eigenvalue weighted by Crippen LogP contribution is -2.43. The summed E-state index contributed by atoms with van der Waals surface area (Å²) in [5.74, 6) is -0.0370. The third-order valence-electron chi connectivity index (χ3n) is 5.06. The molecule has 0 aromatic heterocycles. The molecule has 2 aliphatic rings. The van der Waals surface area contributed by atoms with E-state index in [0.29, 0.717) is 25.6 Å². The number of hydrogen-bond donors (Lipinski definition) is 2. The summed E-state index contributed by atoms with van der Waals surface area (Å²) in [6.07, 6.45) is 2.74. The van der Waals surface area contributed by atoms with E-state index in [1.807, 2.05) is 4.90 Å². The lowest BCUT2D eigenvalue weighted by molar-refractivity contribution is -0.129. The van der Waals surface area contributed by atoms with Crippen LogP contribution >= 0.6 is 24.8 Å². The molecular formula is C17H34Cl2N4O2. The predicted molar refractivity (Wildman–Crippen MR) is 106 cm³/mol. The van der Waals surface area contributed by atoms with Crippen LogP contribution in [0.1, 0.15) is 40.0 Å². The lowest BCUT2D eigenvalue weighted by atomic mass is 10.1. The molecule has 2 saturated heterocycles. The van der Waals surface area contributed by atoms with Crippen molar-refractivity contribution in [3.8, 4) is 0 Å². The Balaban J connectivity index is 0.00000288. The largest absolute Gasteiger partial charge is 0.354 e. The highest BCUT2D eigenvalue weighted by Crippen LogP contribution is 2.23. The number of likely N-dealkylation sites (N-methyl/N-ethyl adjacent to an activating group) is 2. The molecule has 0 radical (unpaired) electrons. The highest BCUT2D eigenvalue weighted by Gasteiger charge is 2.36. The number of amides is 2. The minimum atomic E-state index is -0.187. The number of carbonyl (C=O) groups excluding carboxylic acids is 2. The first-order chi connectivity index (χ1) is 11.0. The molecule has 148 valence electrons. The Labute approximate surface area is 164 Å². The van der Waals surface area contributed by atoms with Crippen molar-refractivity contribution >= 4 is 36.6 Å². The van der Waals surface area contributed by atoms with Crippen LogP contribution in [-0.4, -0.2) is 73.0 Å². The van der Waals surface area contributed by atoms with Crippen molar-refractivity contribution < 1.29 is 9.59 Å². The second-order valence-corrected chi connectivity index (χ2v) is 6.83. The van der Waals surface area contributed by atoms with Crippen molar-refractivity contribution in [3.05, 3.63) is 0 Å². The fourth-order valence-corrected chi connectivity index (χ4v) is 3.72. The smallest absolute Gasteiger partial charge is 0.225 e. The van der Waals surface area contributed by atoms with Gasteiger partial charge in [-0.05, 0) is 39.4 Å². The molecule has 2 aliphatic heterocycles. The standard InChI is InChI=1S/C17H32N4O2.2ClH/c1-4-18-13(3)10-19-17(23)14-9-16(22)21(11-14)12-15-7-6-8-20(15)5-2;;/h13-15,18H,4-12H2,1-3H3,(H,19,23);2*1H/t13-,14?,15?;;/m1../s1. The van der Waals surface area contributed by atoms with Crippen LogP contribution in [0.5, 0.6) is 0 Å². The maximum absolute atomic E-state index is 12.3. The van der Waals surface area contributed by atoms with Gasteiger partial charge in [0.1, 0.15) is 0 Å². The van der Waals surface area contributed by atoms with Gasteiger partial charge < -0.3 is 15.5 Å². The number of nitrogens with one attached hydrogen (secondary N) is 2. The van der Waals surface area contributed by atoms with E-state index >= 15 is 0 Å². The normalized spacial score (nSPS) is 24.6. The van der Waals surface area contributed by atoms with Crippen LogP contribution in [0.15, 0.2) is 0 Å². The molecule has 2 unspecified atom stereocenters. The van der Waals surface area contributed by atoms with Crippen molar-refractivity contribution in [2.24, 2.45) is 5.92 Å². The number of nitrogens with zero attached hydrogens (tertiary/aromatic N) is 2. The van der Waals surface area contributed by atoms with Gasteiger partial charge in [0.15, 0.2) is 0 Å². The zero-order valence-corrected chi connectivity index (χ0v) is 17.3. The highest BCUT2D eigenvalue weighted by atomic mass is 35.5. The molecule has 0 aromatic carbocycles. The number of halogens is 2. The van der Waals surface area contributed by atoms with Gasteiger partial charge in [-0.3, -0.25) is 14.5 Å². The zero-order chi connectivity index (χ0) is 16.8. The fourth-order valence-electron chi connectivity index (χ4n) is 3.72. The number of carbonyl (C=O) groups is 2. The molecular weight excluding hydrogens is 363 g/mol. The van der Waals surface area contributed by atoms with Gasteiger partial charge in [-0.15, -0.1) is 24.8 Å². The molecule has 0 aromatic rings. The van der Waals surface area contributed by atoms with E-state index in [1.165, 1.54) is 6.42 Å². The second-order valence-electron chi connectivity index (χ2n) is 6.83. The van der Waals surface area contributed by atoms with E-state index in [4.69, 9.17) is 0 Å². The summed E-state index contributed by atoms with van der Waals surface area (Å²) >= 11 is 0. The van der Waals surface area contributed by atoms with E-state index in [9.17, 15) is 9.59 Å². The highest BCUT2D eigenvalue weighted by molar-refractivity contribution is 5.89. The molecule has 0 spiro atoms. The number of likely N-dealkylation sites (tertiary alicyclic amines) is 2. The molecule has 6 nitrogen and oxygen atoms in total. The summed E-state index contributed by atoms with van der Waals surface area (Å²) in [6, 6.07) is 0.730. The second kappa shape index (κ2) is 11.9. The molecule has 2 rings (SSSR count). The molecule has 0 aliphatic carbocycles. The minimum absolute atomic E-state index is 0.